The summed E-state index contributed by atoms with van der Waals surface area (Å²) < 4.78 is 0. The van der Waals surface area contributed by atoms with Gasteiger partial charge in [0.05, 0.1) is 0 Å². The molecule has 2 rings (SSSR count). The molecule has 1 atom stereocenters. The van der Waals surface area contributed by atoms with Gasteiger partial charge in [-0.05, 0) is 44.7 Å². The predicted octanol–water partition coefficient (Wildman–Crippen LogP) is 3.85. The Kier molecular flexibility index (Phi) is 4.22. The topological polar surface area (TPSA) is 12.0 Å². The quantitative estimate of drug-likeness (QED) is 0.830. The second-order valence-electron chi connectivity index (χ2n) is 5.58. The third kappa shape index (κ3) is 3.32. The summed E-state index contributed by atoms with van der Waals surface area (Å²) in [4.78, 5) is 0. The second-order valence-corrected chi connectivity index (χ2v) is 5.58. The van der Waals surface area contributed by atoms with Gasteiger partial charge in [-0.1, -0.05) is 49.6 Å². The summed E-state index contributed by atoms with van der Waals surface area (Å²) in [6.07, 6.45) is 7.86. The monoisotopic (exact) mass is 231 g/mol. The molecule has 1 aromatic carbocycles. The van der Waals surface area contributed by atoms with E-state index >= 15 is 0 Å². The number of nitrogens with one attached hydrogen (secondary N) is 1. The number of piperidine rings is 1. The molecule has 0 aliphatic carbocycles. The Morgan fingerprint density at radius 1 is 1.29 bits per heavy atom. The molecule has 1 aliphatic heterocycles. The lowest BCUT2D eigenvalue weighted by atomic mass is 9.80. The standard InChI is InChI=1S/C16H25N/c1-3-9-16(10-4-5-11-17-16)13-15-8-6-7-14(2)12-15/h6-8,12,17H,3-5,9-11,13H2,1-2H3. The zero-order valence-electron chi connectivity index (χ0n) is 11.3. The molecule has 0 bridgehead atoms. The highest BCUT2D eigenvalue weighted by atomic mass is 15.0. The van der Waals surface area contributed by atoms with Gasteiger partial charge in [0.2, 0.25) is 0 Å². The molecule has 0 amide bonds. The van der Waals surface area contributed by atoms with Crippen molar-refractivity contribution < 1.29 is 0 Å². The fraction of sp³-hybridized carbons (Fsp3) is 0.625. The summed E-state index contributed by atoms with van der Waals surface area (Å²) >= 11 is 0. The first-order chi connectivity index (χ1) is 8.24. The van der Waals surface area contributed by atoms with E-state index in [1.54, 1.807) is 0 Å². The fourth-order valence-corrected chi connectivity index (χ4v) is 3.17. The number of hydrogen-bond acceptors (Lipinski definition) is 1. The molecule has 0 radical (unpaired) electrons. The van der Waals surface area contributed by atoms with Crippen molar-refractivity contribution in [3.05, 3.63) is 35.4 Å². The van der Waals surface area contributed by atoms with Crippen LogP contribution in [0, 0.1) is 6.92 Å². The Morgan fingerprint density at radius 2 is 2.18 bits per heavy atom. The minimum Gasteiger partial charge on any atom is -0.311 e. The largest absolute Gasteiger partial charge is 0.311 e. The minimum absolute atomic E-state index is 0.376. The van der Waals surface area contributed by atoms with E-state index in [9.17, 15) is 0 Å². The summed E-state index contributed by atoms with van der Waals surface area (Å²) in [6.45, 7) is 5.68. The molecular formula is C16H25N. The summed E-state index contributed by atoms with van der Waals surface area (Å²) in [6, 6.07) is 8.99. The van der Waals surface area contributed by atoms with Crippen LogP contribution >= 0.6 is 0 Å². The van der Waals surface area contributed by atoms with Crippen LogP contribution in [0.2, 0.25) is 0 Å². The molecule has 1 aliphatic rings. The highest BCUT2D eigenvalue weighted by molar-refractivity contribution is 5.24. The average molecular weight is 231 g/mol. The molecule has 1 saturated heterocycles. The van der Waals surface area contributed by atoms with E-state index in [0.29, 0.717) is 5.54 Å². The number of aryl methyl sites for hydroxylation is 1. The van der Waals surface area contributed by atoms with Crippen LogP contribution in [0.5, 0.6) is 0 Å². The van der Waals surface area contributed by atoms with Gasteiger partial charge < -0.3 is 5.32 Å². The lowest BCUT2D eigenvalue weighted by Crippen LogP contribution is -2.50. The van der Waals surface area contributed by atoms with Crippen molar-refractivity contribution in [2.45, 2.75) is 57.9 Å². The molecule has 0 saturated carbocycles. The van der Waals surface area contributed by atoms with Crippen molar-refractivity contribution >= 4 is 0 Å². The minimum atomic E-state index is 0.376. The maximum absolute atomic E-state index is 3.80. The van der Waals surface area contributed by atoms with Gasteiger partial charge in [0.25, 0.3) is 0 Å². The molecular weight excluding hydrogens is 206 g/mol. The fourth-order valence-electron chi connectivity index (χ4n) is 3.17. The first-order valence-corrected chi connectivity index (χ1v) is 7.05. The Balaban J connectivity index is 2.11. The van der Waals surface area contributed by atoms with Gasteiger partial charge >= 0.3 is 0 Å². The molecule has 1 unspecified atom stereocenters. The first kappa shape index (κ1) is 12.6. The molecule has 0 spiro atoms. The highest BCUT2D eigenvalue weighted by Crippen LogP contribution is 2.28. The van der Waals surface area contributed by atoms with Crippen molar-refractivity contribution in [1.29, 1.82) is 0 Å². The van der Waals surface area contributed by atoms with Crippen LogP contribution in [-0.2, 0) is 6.42 Å². The van der Waals surface area contributed by atoms with Crippen LogP contribution in [0.15, 0.2) is 24.3 Å². The zero-order valence-corrected chi connectivity index (χ0v) is 11.3. The van der Waals surface area contributed by atoms with Gasteiger partial charge in [0.1, 0.15) is 0 Å². The van der Waals surface area contributed by atoms with E-state index < -0.39 is 0 Å². The van der Waals surface area contributed by atoms with Crippen LogP contribution < -0.4 is 5.32 Å². The molecule has 1 heterocycles. The van der Waals surface area contributed by atoms with E-state index in [4.69, 9.17) is 0 Å². The van der Waals surface area contributed by atoms with Crippen molar-refractivity contribution in [3.8, 4) is 0 Å². The number of hydrogen-bond donors (Lipinski definition) is 1. The summed E-state index contributed by atoms with van der Waals surface area (Å²) in [5.41, 5.74) is 3.25. The van der Waals surface area contributed by atoms with Crippen LogP contribution in [0.1, 0.15) is 50.2 Å². The zero-order chi connectivity index (χ0) is 12.1. The Labute approximate surface area is 106 Å². The molecule has 17 heavy (non-hydrogen) atoms. The van der Waals surface area contributed by atoms with E-state index in [0.717, 1.165) is 0 Å². The van der Waals surface area contributed by atoms with Crippen molar-refractivity contribution in [3.63, 3.8) is 0 Å². The van der Waals surface area contributed by atoms with Gasteiger partial charge in [0, 0.05) is 5.54 Å². The Morgan fingerprint density at radius 3 is 2.82 bits per heavy atom. The molecule has 1 N–H and O–H groups in total. The van der Waals surface area contributed by atoms with Gasteiger partial charge in [-0.25, -0.2) is 0 Å². The van der Waals surface area contributed by atoms with Crippen LogP contribution in [-0.4, -0.2) is 12.1 Å². The van der Waals surface area contributed by atoms with Crippen LogP contribution in [0.3, 0.4) is 0 Å². The van der Waals surface area contributed by atoms with Gasteiger partial charge in [-0.15, -0.1) is 0 Å². The maximum atomic E-state index is 3.80. The average Bonchev–Trinajstić information content (AvgIpc) is 2.30. The third-order valence-corrected chi connectivity index (χ3v) is 3.94. The van der Waals surface area contributed by atoms with Crippen molar-refractivity contribution in [2.24, 2.45) is 0 Å². The van der Waals surface area contributed by atoms with E-state index in [2.05, 4.69) is 43.4 Å². The van der Waals surface area contributed by atoms with E-state index in [1.165, 1.54) is 56.2 Å². The third-order valence-electron chi connectivity index (χ3n) is 3.94. The van der Waals surface area contributed by atoms with E-state index in [1.807, 2.05) is 0 Å². The van der Waals surface area contributed by atoms with E-state index in [-0.39, 0.29) is 0 Å². The molecule has 0 aromatic heterocycles. The Bertz CT molecular complexity index is 345. The normalized spacial score (nSPS) is 24.8. The summed E-state index contributed by atoms with van der Waals surface area (Å²) in [7, 11) is 0. The second kappa shape index (κ2) is 5.68. The van der Waals surface area contributed by atoms with Crippen molar-refractivity contribution in [1.82, 2.24) is 5.32 Å². The smallest absolute Gasteiger partial charge is 0.0221 e. The SMILES string of the molecule is CCCC1(Cc2cccc(C)c2)CCCCN1. The van der Waals surface area contributed by atoms with Gasteiger partial charge in [0.15, 0.2) is 0 Å². The lowest BCUT2D eigenvalue weighted by molar-refractivity contribution is 0.233. The maximum Gasteiger partial charge on any atom is 0.0221 e. The molecule has 1 aromatic rings. The number of benzene rings is 1. The predicted molar refractivity (Wildman–Crippen MR) is 74.4 cm³/mol. The number of rotatable bonds is 4. The first-order valence-electron chi connectivity index (χ1n) is 7.05. The molecule has 1 heteroatoms. The molecule has 1 nitrogen and oxygen atoms in total. The van der Waals surface area contributed by atoms with Gasteiger partial charge in [-0.3, -0.25) is 0 Å². The van der Waals surface area contributed by atoms with Gasteiger partial charge in [-0.2, -0.15) is 0 Å². The lowest BCUT2D eigenvalue weighted by Gasteiger charge is -2.39. The van der Waals surface area contributed by atoms with Crippen LogP contribution in [0.25, 0.3) is 0 Å². The van der Waals surface area contributed by atoms with Crippen LogP contribution in [0.4, 0.5) is 0 Å². The Hall–Kier alpha value is -0.820. The summed E-state index contributed by atoms with van der Waals surface area (Å²) in [5.74, 6) is 0. The molecule has 94 valence electrons. The van der Waals surface area contributed by atoms with Crippen molar-refractivity contribution in [2.75, 3.05) is 6.54 Å². The molecule has 1 fully saturated rings. The summed E-state index contributed by atoms with van der Waals surface area (Å²) in [5, 5.41) is 3.80. The highest BCUT2D eigenvalue weighted by Gasteiger charge is 2.30.